The van der Waals surface area contributed by atoms with E-state index in [0.29, 0.717) is 28.4 Å². The van der Waals surface area contributed by atoms with E-state index in [2.05, 4.69) is 4.98 Å². The predicted molar refractivity (Wildman–Crippen MR) is 89.9 cm³/mol. The summed E-state index contributed by atoms with van der Waals surface area (Å²) in [7, 11) is -1.09. The third-order valence-electron chi connectivity index (χ3n) is 3.64. The van der Waals surface area contributed by atoms with E-state index >= 15 is 0 Å². The molecule has 0 amide bonds. The van der Waals surface area contributed by atoms with Gasteiger partial charge in [0.1, 0.15) is 17.3 Å². The number of aromatic nitrogens is 1. The van der Waals surface area contributed by atoms with Crippen LogP contribution in [0.3, 0.4) is 0 Å². The smallest absolute Gasteiger partial charge is 0.138 e. The molecule has 0 aliphatic rings. The quantitative estimate of drug-likeness (QED) is 0.709. The van der Waals surface area contributed by atoms with E-state index in [1.54, 1.807) is 48.9 Å². The van der Waals surface area contributed by atoms with Gasteiger partial charge in [-0.05, 0) is 42.3 Å². The van der Waals surface area contributed by atoms with Gasteiger partial charge in [-0.25, -0.2) is 4.39 Å². The molecule has 0 aliphatic carbocycles. The second-order valence-corrected chi connectivity index (χ2v) is 6.53. The largest absolute Gasteiger partial charge is 0.456 e. The third-order valence-corrected chi connectivity index (χ3v) is 4.56. The highest BCUT2D eigenvalue weighted by molar-refractivity contribution is 7.84. The van der Waals surface area contributed by atoms with Gasteiger partial charge in [-0.2, -0.15) is 0 Å². The number of hydrogen-bond acceptors (Lipinski definition) is 3. The molecular weight excluding hydrogens is 313 g/mol. The van der Waals surface area contributed by atoms with Crippen LogP contribution in [0.4, 0.5) is 4.39 Å². The summed E-state index contributed by atoms with van der Waals surface area (Å²) in [4.78, 5) is 4.97. The number of halogens is 1. The Bertz CT molecular complexity index is 895. The molecule has 0 radical (unpaired) electrons. The maximum Gasteiger partial charge on any atom is 0.138 e. The SMILES string of the molecule is CCc1ccc(Oc2ccnc3ccc(S(C)=O)cc23)cc1F. The highest BCUT2D eigenvalue weighted by Crippen LogP contribution is 2.30. The molecule has 1 unspecified atom stereocenters. The minimum atomic E-state index is -1.09. The normalized spacial score (nSPS) is 12.3. The van der Waals surface area contributed by atoms with E-state index in [-0.39, 0.29) is 5.82 Å². The van der Waals surface area contributed by atoms with Crippen LogP contribution < -0.4 is 4.74 Å². The topological polar surface area (TPSA) is 39.2 Å². The van der Waals surface area contributed by atoms with E-state index in [9.17, 15) is 8.60 Å². The Balaban J connectivity index is 2.04. The molecule has 1 heterocycles. The van der Waals surface area contributed by atoms with Crippen LogP contribution >= 0.6 is 0 Å². The van der Waals surface area contributed by atoms with Crippen LogP contribution in [-0.2, 0) is 17.2 Å². The Kier molecular flexibility index (Phi) is 4.39. The van der Waals surface area contributed by atoms with Crippen LogP contribution in [0, 0.1) is 5.82 Å². The summed E-state index contributed by atoms with van der Waals surface area (Å²) in [6, 6.07) is 12.0. The number of rotatable bonds is 4. The van der Waals surface area contributed by atoms with Gasteiger partial charge < -0.3 is 4.74 Å². The maximum absolute atomic E-state index is 13.9. The third kappa shape index (κ3) is 3.24. The van der Waals surface area contributed by atoms with Crippen molar-refractivity contribution < 1.29 is 13.3 Å². The van der Waals surface area contributed by atoms with Crippen molar-refractivity contribution in [1.82, 2.24) is 4.98 Å². The Hall–Kier alpha value is -2.27. The lowest BCUT2D eigenvalue weighted by atomic mass is 10.1. The highest BCUT2D eigenvalue weighted by atomic mass is 32.2. The lowest BCUT2D eigenvalue weighted by Gasteiger charge is -2.10. The van der Waals surface area contributed by atoms with E-state index in [0.717, 1.165) is 10.9 Å². The molecule has 3 aromatic rings. The van der Waals surface area contributed by atoms with Gasteiger partial charge in [-0.1, -0.05) is 13.0 Å². The van der Waals surface area contributed by atoms with Crippen molar-refractivity contribution in [3.05, 3.63) is 60.0 Å². The van der Waals surface area contributed by atoms with E-state index in [1.165, 1.54) is 6.07 Å². The fourth-order valence-corrected chi connectivity index (χ4v) is 2.92. The minimum absolute atomic E-state index is 0.279. The van der Waals surface area contributed by atoms with Crippen molar-refractivity contribution in [3.8, 4) is 11.5 Å². The summed E-state index contributed by atoms with van der Waals surface area (Å²) in [5.74, 6) is 0.708. The molecule has 118 valence electrons. The van der Waals surface area contributed by atoms with Crippen LogP contribution in [-0.4, -0.2) is 15.4 Å². The molecule has 1 atom stereocenters. The first-order valence-electron chi connectivity index (χ1n) is 7.27. The zero-order chi connectivity index (χ0) is 16.4. The first-order chi connectivity index (χ1) is 11.1. The van der Waals surface area contributed by atoms with Gasteiger partial charge in [0.25, 0.3) is 0 Å². The van der Waals surface area contributed by atoms with Crippen molar-refractivity contribution in [2.45, 2.75) is 18.2 Å². The van der Waals surface area contributed by atoms with E-state index < -0.39 is 10.8 Å². The maximum atomic E-state index is 13.9. The number of benzene rings is 2. The second-order valence-electron chi connectivity index (χ2n) is 5.15. The van der Waals surface area contributed by atoms with Gasteiger partial charge in [0.05, 0.1) is 5.52 Å². The number of hydrogen-bond donors (Lipinski definition) is 0. The number of aryl methyl sites for hydroxylation is 1. The molecule has 5 heteroatoms. The molecule has 0 saturated carbocycles. The van der Waals surface area contributed by atoms with E-state index in [4.69, 9.17) is 4.74 Å². The van der Waals surface area contributed by atoms with Crippen LogP contribution in [0.1, 0.15) is 12.5 Å². The number of pyridine rings is 1. The van der Waals surface area contributed by atoms with Crippen LogP contribution in [0.2, 0.25) is 0 Å². The highest BCUT2D eigenvalue weighted by Gasteiger charge is 2.09. The zero-order valence-electron chi connectivity index (χ0n) is 12.9. The lowest BCUT2D eigenvalue weighted by molar-refractivity contribution is 0.480. The Morgan fingerprint density at radius 3 is 2.70 bits per heavy atom. The molecular formula is C18H16FNO2S. The summed E-state index contributed by atoms with van der Waals surface area (Å²) in [5.41, 5.74) is 1.39. The molecule has 0 N–H and O–H groups in total. The molecule has 0 spiro atoms. The van der Waals surface area contributed by atoms with Gasteiger partial charge in [0, 0.05) is 39.6 Å². The van der Waals surface area contributed by atoms with Gasteiger partial charge in [0.2, 0.25) is 0 Å². The summed E-state index contributed by atoms with van der Waals surface area (Å²) in [5, 5.41) is 0.750. The molecule has 0 aliphatic heterocycles. The monoisotopic (exact) mass is 329 g/mol. The molecule has 3 nitrogen and oxygen atoms in total. The Labute approximate surface area is 136 Å². The Morgan fingerprint density at radius 1 is 1.17 bits per heavy atom. The average molecular weight is 329 g/mol. The summed E-state index contributed by atoms with van der Waals surface area (Å²) in [6.07, 6.45) is 3.89. The lowest BCUT2D eigenvalue weighted by Crippen LogP contribution is -1.93. The number of nitrogens with zero attached hydrogens (tertiary/aromatic N) is 1. The molecule has 1 aromatic heterocycles. The van der Waals surface area contributed by atoms with Crippen LogP contribution in [0.5, 0.6) is 11.5 Å². The molecule has 3 rings (SSSR count). The van der Waals surface area contributed by atoms with Gasteiger partial charge in [0.15, 0.2) is 0 Å². The van der Waals surface area contributed by atoms with Crippen molar-refractivity contribution in [1.29, 1.82) is 0 Å². The van der Waals surface area contributed by atoms with Crippen molar-refractivity contribution in [2.75, 3.05) is 6.26 Å². The first-order valence-corrected chi connectivity index (χ1v) is 8.82. The molecule has 0 saturated heterocycles. The van der Waals surface area contributed by atoms with E-state index in [1.807, 2.05) is 6.92 Å². The van der Waals surface area contributed by atoms with Crippen LogP contribution in [0.15, 0.2) is 53.6 Å². The number of fused-ring (bicyclic) bond motifs is 1. The minimum Gasteiger partial charge on any atom is -0.456 e. The summed E-state index contributed by atoms with van der Waals surface area (Å²) >= 11 is 0. The average Bonchev–Trinajstić information content (AvgIpc) is 2.55. The van der Waals surface area contributed by atoms with Crippen LogP contribution in [0.25, 0.3) is 10.9 Å². The zero-order valence-corrected chi connectivity index (χ0v) is 13.7. The van der Waals surface area contributed by atoms with Crippen molar-refractivity contribution in [3.63, 3.8) is 0 Å². The van der Waals surface area contributed by atoms with Crippen molar-refractivity contribution >= 4 is 21.7 Å². The molecule has 0 bridgehead atoms. The fourth-order valence-electron chi connectivity index (χ4n) is 2.37. The summed E-state index contributed by atoms with van der Waals surface area (Å²) < 4.78 is 31.4. The van der Waals surface area contributed by atoms with Gasteiger partial charge in [-0.3, -0.25) is 9.19 Å². The first kappa shape index (κ1) is 15.6. The predicted octanol–water partition coefficient (Wildman–Crippen LogP) is 4.47. The van der Waals surface area contributed by atoms with Crippen molar-refractivity contribution in [2.24, 2.45) is 0 Å². The fraction of sp³-hybridized carbons (Fsp3) is 0.167. The number of ether oxygens (including phenoxy) is 1. The van der Waals surface area contributed by atoms with Gasteiger partial charge in [-0.15, -0.1) is 0 Å². The molecule has 2 aromatic carbocycles. The Morgan fingerprint density at radius 2 is 2.00 bits per heavy atom. The standard InChI is InChI=1S/C18H16FNO2S/c1-3-12-4-5-13(10-16(12)19)22-18-8-9-20-17-7-6-14(23(2)21)11-15(17)18/h4-11H,3H2,1-2H3. The van der Waals surface area contributed by atoms with Gasteiger partial charge >= 0.3 is 0 Å². The molecule has 23 heavy (non-hydrogen) atoms. The summed E-state index contributed by atoms with van der Waals surface area (Å²) in [6.45, 7) is 1.90. The second kappa shape index (κ2) is 6.46. The molecule has 0 fully saturated rings.